The van der Waals surface area contributed by atoms with Gasteiger partial charge in [-0.05, 0) is 31.1 Å². The van der Waals surface area contributed by atoms with Crippen LogP contribution in [0.5, 0.6) is 0 Å². The summed E-state index contributed by atoms with van der Waals surface area (Å²) >= 11 is 0. The van der Waals surface area contributed by atoms with Gasteiger partial charge >= 0.3 is 0 Å². The molecule has 1 aromatic rings. The van der Waals surface area contributed by atoms with Crippen LogP contribution in [-0.4, -0.2) is 15.0 Å². The van der Waals surface area contributed by atoms with E-state index in [2.05, 4.69) is 42.7 Å². The minimum atomic E-state index is 0.780. The van der Waals surface area contributed by atoms with E-state index >= 15 is 0 Å². The largest absolute Gasteiger partial charge is 0.249 e. The molecule has 0 aliphatic heterocycles. The van der Waals surface area contributed by atoms with Gasteiger partial charge in [0.15, 0.2) is 0 Å². The molecule has 0 saturated heterocycles. The van der Waals surface area contributed by atoms with Gasteiger partial charge in [0.2, 0.25) is 0 Å². The Morgan fingerprint density at radius 3 is 2.65 bits per heavy atom. The van der Waals surface area contributed by atoms with Gasteiger partial charge in [-0.3, -0.25) is 0 Å². The molecule has 1 heterocycles. The third-order valence-electron chi connectivity index (χ3n) is 3.44. The SMILES string of the molecule is CCC(C)CCn1nncc1CCCC(C)C. The summed E-state index contributed by atoms with van der Waals surface area (Å²) in [5.74, 6) is 1.57. The molecule has 0 spiro atoms. The third kappa shape index (κ3) is 5.33. The van der Waals surface area contributed by atoms with Crippen LogP contribution in [0.25, 0.3) is 0 Å². The molecule has 17 heavy (non-hydrogen) atoms. The lowest BCUT2D eigenvalue weighted by atomic mass is 10.0. The summed E-state index contributed by atoms with van der Waals surface area (Å²) in [6.45, 7) is 10.1. The van der Waals surface area contributed by atoms with E-state index in [1.54, 1.807) is 0 Å². The first-order chi connectivity index (χ1) is 8.13. The third-order valence-corrected chi connectivity index (χ3v) is 3.44. The van der Waals surface area contributed by atoms with E-state index in [0.29, 0.717) is 0 Å². The summed E-state index contributed by atoms with van der Waals surface area (Å²) in [5, 5.41) is 8.22. The molecule has 0 bridgehead atoms. The molecular weight excluding hydrogens is 210 g/mol. The highest BCUT2D eigenvalue weighted by Gasteiger charge is 2.06. The molecule has 1 unspecified atom stereocenters. The molecule has 0 fully saturated rings. The van der Waals surface area contributed by atoms with Gasteiger partial charge in [-0.15, -0.1) is 5.10 Å². The number of hydrogen-bond donors (Lipinski definition) is 0. The van der Waals surface area contributed by atoms with Crippen molar-refractivity contribution < 1.29 is 0 Å². The molecule has 1 atom stereocenters. The van der Waals surface area contributed by atoms with Crippen LogP contribution >= 0.6 is 0 Å². The predicted octanol–water partition coefficient (Wildman–Crippen LogP) is 3.69. The number of rotatable bonds is 8. The number of aryl methyl sites for hydroxylation is 2. The zero-order valence-electron chi connectivity index (χ0n) is 11.8. The second kappa shape index (κ2) is 7.46. The van der Waals surface area contributed by atoms with Crippen molar-refractivity contribution in [2.75, 3.05) is 0 Å². The van der Waals surface area contributed by atoms with Gasteiger partial charge in [-0.25, -0.2) is 4.68 Å². The van der Waals surface area contributed by atoms with Crippen molar-refractivity contribution in [2.24, 2.45) is 11.8 Å². The van der Waals surface area contributed by atoms with Crippen LogP contribution in [0.2, 0.25) is 0 Å². The normalized spacial score (nSPS) is 13.2. The number of aromatic nitrogens is 3. The van der Waals surface area contributed by atoms with Gasteiger partial charge < -0.3 is 0 Å². The average Bonchev–Trinajstić information content (AvgIpc) is 2.73. The lowest BCUT2D eigenvalue weighted by Crippen LogP contribution is -2.08. The summed E-state index contributed by atoms with van der Waals surface area (Å²) < 4.78 is 2.09. The second-order valence-electron chi connectivity index (χ2n) is 5.54. The molecule has 1 rings (SSSR count). The highest BCUT2D eigenvalue weighted by molar-refractivity contribution is 4.94. The van der Waals surface area contributed by atoms with Gasteiger partial charge in [0.05, 0.1) is 11.9 Å². The Labute approximate surface area is 106 Å². The van der Waals surface area contributed by atoms with Crippen LogP contribution in [0.1, 0.15) is 59.1 Å². The first-order valence-electron chi connectivity index (χ1n) is 7.00. The molecule has 0 saturated carbocycles. The Kier molecular flexibility index (Phi) is 6.23. The minimum Gasteiger partial charge on any atom is -0.249 e. The Morgan fingerprint density at radius 2 is 2.00 bits per heavy atom. The fraction of sp³-hybridized carbons (Fsp3) is 0.857. The molecule has 0 aliphatic rings. The van der Waals surface area contributed by atoms with E-state index in [4.69, 9.17) is 0 Å². The van der Waals surface area contributed by atoms with E-state index < -0.39 is 0 Å². The van der Waals surface area contributed by atoms with E-state index in [1.807, 2.05) is 6.20 Å². The average molecular weight is 237 g/mol. The first kappa shape index (κ1) is 14.2. The Balaban J connectivity index is 2.37. The second-order valence-corrected chi connectivity index (χ2v) is 5.54. The van der Waals surface area contributed by atoms with E-state index in [0.717, 1.165) is 24.8 Å². The van der Waals surface area contributed by atoms with Gasteiger partial charge in [0.1, 0.15) is 0 Å². The smallest absolute Gasteiger partial charge is 0.0725 e. The Bertz CT molecular complexity index is 304. The molecule has 3 heteroatoms. The van der Waals surface area contributed by atoms with Gasteiger partial charge in [-0.2, -0.15) is 0 Å². The van der Waals surface area contributed by atoms with E-state index in [9.17, 15) is 0 Å². The van der Waals surface area contributed by atoms with E-state index in [1.165, 1.54) is 31.4 Å². The predicted molar refractivity (Wildman–Crippen MR) is 71.9 cm³/mol. The number of hydrogen-bond acceptors (Lipinski definition) is 2. The fourth-order valence-electron chi connectivity index (χ4n) is 1.90. The summed E-state index contributed by atoms with van der Waals surface area (Å²) in [4.78, 5) is 0. The van der Waals surface area contributed by atoms with Crippen LogP contribution < -0.4 is 0 Å². The standard InChI is InChI=1S/C14H27N3/c1-5-13(4)9-10-17-14(11-15-16-17)8-6-7-12(2)3/h11-13H,5-10H2,1-4H3. The van der Waals surface area contributed by atoms with Crippen molar-refractivity contribution >= 4 is 0 Å². The fourth-order valence-corrected chi connectivity index (χ4v) is 1.90. The summed E-state index contributed by atoms with van der Waals surface area (Å²) in [7, 11) is 0. The summed E-state index contributed by atoms with van der Waals surface area (Å²) in [6.07, 6.45) is 8.03. The maximum atomic E-state index is 4.19. The summed E-state index contributed by atoms with van der Waals surface area (Å²) in [5.41, 5.74) is 1.30. The highest BCUT2D eigenvalue weighted by Crippen LogP contribution is 2.12. The molecule has 0 N–H and O–H groups in total. The Morgan fingerprint density at radius 1 is 1.24 bits per heavy atom. The van der Waals surface area contributed by atoms with Crippen LogP contribution in [0, 0.1) is 11.8 Å². The molecule has 0 amide bonds. The maximum absolute atomic E-state index is 4.19. The quantitative estimate of drug-likeness (QED) is 0.690. The Hall–Kier alpha value is -0.860. The highest BCUT2D eigenvalue weighted by atomic mass is 15.4. The lowest BCUT2D eigenvalue weighted by molar-refractivity contribution is 0.432. The van der Waals surface area contributed by atoms with Gasteiger partial charge in [0.25, 0.3) is 0 Å². The molecule has 0 aromatic carbocycles. The van der Waals surface area contributed by atoms with Crippen LogP contribution in [0.15, 0.2) is 6.20 Å². The van der Waals surface area contributed by atoms with Crippen LogP contribution in [0.3, 0.4) is 0 Å². The maximum Gasteiger partial charge on any atom is 0.0725 e. The van der Waals surface area contributed by atoms with Crippen molar-refractivity contribution in [2.45, 2.75) is 66.3 Å². The zero-order valence-corrected chi connectivity index (χ0v) is 11.8. The monoisotopic (exact) mass is 237 g/mol. The zero-order chi connectivity index (χ0) is 12.7. The van der Waals surface area contributed by atoms with Crippen molar-refractivity contribution in [1.82, 2.24) is 15.0 Å². The summed E-state index contributed by atoms with van der Waals surface area (Å²) in [6, 6.07) is 0. The van der Waals surface area contributed by atoms with Crippen LogP contribution in [-0.2, 0) is 13.0 Å². The molecular formula is C14H27N3. The topological polar surface area (TPSA) is 30.7 Å². The van der Waals surface area contributed by atoms with Crippen molar-refractivity contribution in [3.63, 3.8) is 0 Å². The van der Waals surface area contributed by atoms with Gasteiger partial charge in [-0.1, -0.05) is 45.7 Å². The molecule has 3 nitrogen and oxygen atoms in total. The van der Waals surface area contributed by atoms with Crippen molar-refractivity contribution in [3.8, 4) is 0 Å². The molecule has 0 radical (unpaired) electrons. The molecule has 0 aliphatic carbocycles. The van der Waals surface area contributed by atoms with Gasteiger partial charge in [0, 0.05) is 6.54 Å². The lowest BCUT2D eigenvalue weighted by Gasteiger charge is -2.10. The van der Waals surface area contributed by atoms with Crippen molar-refractivity contribution in [3.05, 3.63) is 11.9 Å². The molecule has 98 valence electrons. The van der Waals surface area contributed by atoms with E-state index in [-0.39, 0.29) is 0 Å². The first-order valence-corrected chi connectivity index (χ1v) is 7.00. The number of nitrogens with zero attached hydrogens (tertiary/aromatic N) is 3. The van der Waals surface area contributed by atoms with Crippen molar-refractivity contribution in [1.29, 1.82) is 0 Å². The van der Waals surface area contributed by atoms with Crippen LogP contribution in [0.4, 0.5) is 0 Å². The minimum absolute atomic E-state index is 0.780. The molecule has 1 aromatic heterocycles.